The number of nitrogens with zero attached hydrogens (tertiary/aromatic N) is 1. The molecular weight excluding hydrogens is 511 g/mol. The van der Waals surface area contributed by atoms with Crippen molar-refractivity contribution in [3.63, 3.8) is 0 Å². The molecule has 35 heavy (non-hydrogen) atoms. The molecule has 0 radical (unpaired) electrons. The van der Waals surface area contributed by atoms with E-state index in [1.807, 2.05) is 6.07 Å². The molecule has 2 heterocycles. The highest BCUT2D eigenvalue weighted by Crippen LogP contribution is 2.34. The zero-order chi connectivity index (χ0) is 25.2. The van der Waals surface area contributed by atoms with Crippen LogP contribution in [0.4, 0.5) is 0 Å². The fourth-order valence-electron chi connectivity index (χ4n) is 3.83. The maximum Gasteiger partial charge on any atom is 0.340 e. The summed E-state index contributed by atoms with van der Waals surface area (Å²) in [6.07, 6.45) is 3.42. The number of aliphatic carboxylic acids is 1. The fourth-order valence-corrected chi connectivity index (χ4v) is 5.40. The SMILES string of the molecule is COc1ccc(CC2(C(=O)O)C=CCO2)cc1CNC(=O)c1sc(-c2ccc(Cl)cc2Cl)nc1C. The first-order valence-corrected chi connectivity index (χ1v) is 12.2. The number of carbonyl (C=O) groups excluding carboxylic acids is 1. The van der Waals surface area contributed by atoms with Gasteiger partial charge in [-0.1, -0.05) is 41.4 Å². The summed E-state index contributed by atoms with van der Waals surface area (Å²) in [5.74, 6) is -0.752. The van der Waals surface area contributed by atoms with Gasteiger partial charge in [0.1, 0.15) is 15.6 Å². The molecule has 1 unspecified atom stereocenters. The molecule has 7 nitrogen and oxygen atoms in total. The molecule has 0 spiro atoms. The molecule has 182 valence electrons. The lowest BCUT2D eigenvalue weighted by molar-refractivity contribution is -0.156. The Kier molecular flexibility index (Phi) is 7.47. The molecule has 0 saturated carbocycles. The summed E-state index contributed by atoms with van der Waals surface area (Å²) >= 11 is 13.5. The zero-order valence-corrected chi connectivity index (χ0v) is 21.3. The Balaban J connectivity index is 1.52. The van der Waals surface area contributed by atoms with E-state index >= 15 is 0 Å². The third-order valence-electron chi connectivity index (χ3n) is 5.60. The van der Waals surface area contributed by atoms with Crippen molar-refractivity contribution >= 4 is 46.4 Å². The lowest BCUT2D eigenvalue weighted by Gasteiger charge is -2.22. The van der Waals surface area contributed by atoms with Gasteiger partial charge in [0.15, 0.2) is 5.60 Å². The van der Waals surface area contributed by atoms with Crippen molar-refractivity contribution in [2.24, 2.45) is 0 Å². The van der Waals surface area contributed by atoms with Crippen molar-refractivity contribution in [2.75, 3.05) is 13.7 Å². The number of aromatic nitrogens is 1. The predicted molar refractivity (Wildman–Crippen MR) is 136 cm³/mol. The summed E-state index contributed by atoms with van der Waals surface area (Å²) < 4.78 is 10.9. The molecule has 10 heteroatoms. The summed E-state index contributed by atoms with van der Waals surface area (Å²) in [5.41, 5.74) is 1.35. The molecule has 0 bridgehead atoms. The highest BCUT2D eigenvalue weighted by molar-refractivity contribution is 7.17. The molecule has 0 aliphatic carbocycles. The summed E-state index contributed by atoms with van der Waals surface area (Å²) in [6.45, 7) is 2.20. The molecule has 4 rings (SSSR count). The summed E-state index contributed by atoms with van der Waals surface area (Å²) in [6, 6.07) is 10.5. The minimum atomic E-state index is -1.39. The largest absolute Gasteiger partial charge is 0.496 e. The first kappa shape index (κ1) is 25.2. The van der Waals surface area contributed by atoms with E-state index in [1.165, 1.54) is 18.4 Å². The van der Waals surface area contributed by atoms with E-state index in [-0.39, 0.29) is 25.5 Å². The van der Waals surface area contributed by atoms with E-state index in [0.717, 1.165) is 5.56 Å². The molecule has 1 aliphatic heterocycles. The Morgan fingerprint density at radius 1 is 1.26 bits per heavy atom. The summed E-state index contributed by atoms with van der Waals surface area (Å²) in [5, 5.41) is 14.2. The quantitative estimate of drug-likeness (QED) is 0.381. The van der Waals surface area contributed by atoms with Crippen molar-refractivity contribution in [3.8, 4) is 16.3 Å². The maximum absolute atomic E-state index is 13.0. The number of carboxylic acids is 1. The van der Waals surface area contributed by atoms with E-state index in [4.69, 9.17) is 32.7 Å². The van der Waals surface area contributed by atoms with Gasteiger partial charge in [-0.15, -0.1) is 11.3 Å². The fraction of sp³-hybridized carbons (Fsp3) is 0.240. The average Bonchev–Trinajstić information content (AvgIpc) is 3.45. The van der Waals surface area contributed by atoms with E-state index in [2.05, 4.69) is 10.3 Å². The highest BCUT2D eigenvalue weighted by atomic mass is 35.5. The number of aryl methyl sites for hydroxylation is 1. The zero-order valence-electron chi connectivity index (χ0n) is 18.9. The third kappa shape index (κ3) is 5.36. The van der Waals surface area contributed by atoms with Crippen LogP contribution in [0.3, 0.4) is 0 Å². The number of ether oxygens (including phenoxy) is 2. The van der Waals surface area contributed by atoms with Gasteiger partial charge in [-0.05, 0) is 42.8 Å². The molecule has 1 atom stereocenters. The maximum atomic E-state index is 13.0. The molecule has 0 saturated heterocycles. The van der Waals surface area contributed by atoms with Gasteiger partial charge in [0.2, 0.25) is 0 Å². The van der Waals surface area contributed by atoms with Crippen LogP contribution in [0.5, 0.6) is 5.75 Å². The van der Waals surface area contributed by atoms with Crippen LogP contribution in [0.25, 0.3) is 10.6 Å². The predicted octanol–water partition coefficient (Wildman–Crippen LogP) is 5.32. The van der Waals surface area contributed by atoms with Crippen LogP contribution < -0.4 is 10.1 Å². The van der Waals surface area contributed by atoms with Crippen molar-refractivity contribution in [1.82, 2.24) is 10.3 Å². The molecule has 1 amide bonds. The van der Waals surface area contributed by atoms with Crippen molar-refractivity contribution in [3.05, 3.63) is 80.3 Å². The van der Waals surface area contributed by atoms with Crippen LogP contribution in [0.1, 0.15) is 26.5 Å². The molecule has 3 aromatic rings. The van der Waals surface area contributed by atoms with Gasteiger partial charge in [0.25, 0.3) is 5.91 Å². The number of hydrogen-bond donors (Lipinski definition) is 2. The van der Waals surface area contributed by atoms with Crippen LogP contribution in [0, 0.1) is 6.92 Å². The van der Waals surface area contributed by atoms with E-state index in [1.54, 1.807) is 49.4 Å². The van der Waals surface area contributed by atoms with E-state index in [0.29, 0.717) is 42.5 Å². The number of methoxy groups -OCH3 is 1. The van der Waals surface area contributed by atoms with Gasteiger partial charge < -0.3 is 19.9 Å². The first-order chi connectivity index (χ1) is 16.7. The van der Waals surface area contributed by atoms with E-state index in [9.17, 15) is 14.7 Å². The second kappa shape index (κ2) is 10.4. The standard InChI is InChI=1S/C25H22Cl2N2O5S/c1-14-21(35-23(29-14)18-6-5-17(26)11-19(18)27)22(30)28-13-16-10-15(4-7-20(16)33-2)12-25(24(31)32)8-3-9-34-25/h3-8,10-11H,9,12-13H2,1-2H3,(H,28,30)(H,31,32). The van der Waals surface area contributed by atoms with Gasteiger partial charge in [0.05, 0.1) is 24.4 Å². The Morgan fingerprint density at radius 2 is 2.06 bits per heavy atom. The van der Waals surface area contributed by atoms with Crippen LogP contribution in [0.15, 0.2) is 48.6 Å². The molecule has 0 fully saturated rings. The van der Waals surface area contributed by atoms with Crippen LogP contribution in [0.2, 0.25) is 10.0 Å². The molecular formula is C25H22Cl2N2O5S. The Hall–Kier alpha value is -2.91. The molecule has 1 aliphatic rings. The number of nitrogens with one attached hydrogen (secondary N) is 1. The molecule has 2 aromatic carbocycles. The van der Waals surface area contributed by atoms with Gasteiger partial charge in [-0.3, -0.25) is 4.79 Å². The second-order valence-corrected chi connectivity index (χ2v) is 9.81. The minimum Gasteiger partial charge on any atom is -0.496 e. The second-order valence-electron chi connectivity index (χ2n) is 7.97. The van der Waals surface area contributed by atoms with Crippen molar-refractivity contribution < 1.29 is 24.2 Å². The van der Waals surface area contributed by atoms with Crippen molar-refractivity contribution in [1.29, 1.82) is 0 Å². The van der Waals surface area contributed by atoms with Crippen LogP contribution in [-0.4, -0.2) is 41.3 Å². The first-order valence-electron chi connectivity index (χ1n) is 10.6. The number of thiazole rings is 1. The molecule has 2 N–H and O–H groups in total. The number of amides is 1. The van der Waals surface area contributed by atoms with E-state index < -0.39 is 11.6 Å². The minimum absolute atomic E-state index is 0.156. The topological polar surface area (TPSA) is 97.8 Å². The number of carbonyl (C=O) groups is 2. The van der Waals surface area contributed by atoms with Crippen LogP contribution >= 0.6 is 34.5 Å². The molecule has 1 aromatic heterocycles. The monoisotopic (exact) mass is 532 g/mol. The van der Waals surface area contributed by atoms with Gasteiger partial charge in [-0.2, -0.15) is 0 Å². The van der Waals surface area contributed by atoms with Gasteiger partial charge >= 0.3 is 5.97 Å². The smallest absolute Gasteiger partial charge is 0.340 e. The number of carboxylic acid groups (broad SMARTS) is 1. The van der Waals surface area contributed by atoms with Crippen molar-refractivity contribution in [2.45, 2.75) is 25.5 Å². The number of halogens is 2. The highest BCUT2D eigenvalue weighted by Gasteiger charge is 2.39. The van der Waals surface area contributed by atoms with Gasteiger partial charge in [0, 0.05) is 29.1 Å². The van der Waals surface area contributed by atoms with Crippen LogP contribution in [-0.2, 0) is 22.5 Å². The third-order valence-corrected chi connectivity index (χ3v) is 7.34. The lowest BCUT2D eigenvalue weighted by Crippen LogP contribution is -2.39. The van der Waals surface area contributed by atoms with Gasteiger partial charge in [-0.25, -0.2) is 9.78 Å². The Bertz CT molecular complexity index is 1320. The number of hydrogen-bond acceptors (Lipinski definition) is 6. The Morgan fingerprint density at radius 3 is 2.71 bits per heavy atom. The summed E-state index contributed by atoms with van der Waals surface area (Å²) in [7, 11) is 1.54. The Labute approximate surface area is 216 Å². The number of rotatable bonds is 8. The lowest BCUT2D eigenvalue weighted by atomic mass is 9.93. The average molecular weight is 533 g/mol. The number of benzene rings is 2. The normalized spacial score (nSPS) is 16.9. The summed E-state index contributed by atoms with van der Waals surface area (Å²) in [4.78, 5) is 29.8.